The van der Waals surface area contributed by atoms with Gasteiger partial charge >= 0.3 is 0 Å². The highest BCUT2D eigenvalue weighted by Crippen LogP contribution is 2.24. The van der Waals surface area contributed by atoms with E-state index in [1.807, 2.05) is 16.9 Å². The molecule has 1 unspecified atom stereocenters. The summed E-state index contributed by atoms with van der Waals surface area (Å²) in [6.45, 7) is 7.26. The molecule has 114 valence electrons. The Morgan fingerprint density at radius 1 is 1.29 bits per heavy atom. The SMILES string of the molecule is CCCn1cc(Oc2ccc(CC(N)CC)c(C)c2)cn1. The minimum atomic E-state index is 0.225. The molecule has 0 aliphatic rings. The van der Waals surface area contributed by atoms with Gasteiger partial charge in [-0.05, 0) is 49.4 Å². The van der Waals surface area contributed by atoms with Gasteiger partial charge in [0.2, 0.25) is 0 Å². The third-order valence-electron chi connectivity index (χ3n) is 3.62. The van der Waals surface area contributed by atoms with Crippen molar-refractivity contribution < 1.29 is 4.74 Å². The van der Waals surface area contributed by atoms with E-state index in [9.17, 15) is 0 Å². The van der Waals surface area contributed by atoms with Crippen LogP contribution in [0.2, 0.25) is 0 Å². The maximum Gasteiger partial charge on any atom is 0.165 e. The molecule has 0 saturated carbocycles. The van der Waals surface area contributed by atoms with Crippen LogP contribution in [0, 0.1) is 6.92 Å². The van der Waals surface area contributed by atoms with Crippen molar-refractivity contribution >= 4 is 0 Å². The topological polar surface area (TPSA) is 53.1 Å². The Bertz CT molecular complexity index is 577. The average molecular weight is 287 g/mol. The van der Waals surface area contributed by atoms with E-state index in [2.05, 4.69) is 38.0 Å². The Kier molecular flexibility index (Phi) is 5.39. The standard InChI is InChI=1S/C17H25N3O/c1-4-8-20-12-17(11-19-20)21-16-7-6-14(13(3)9-16)10-15(18)5-2/h6-7,9,11-12,15H,4-5,8,10,18H2,1-3H3. The Morgan fingerprint density at radius 3 is 2.76 bits per heavy atom. The van der Waals surface area contributed by atoms with E-state index < -0.39 is 0 Å². The van der Waals surface area contributed by atoms with E-state index >= 15 is 0 Å². The minimum Gasteiger partial charge on any atom is -0.454 e. The van der Waals surface area contributed by atoms with Gasteiger partial charge in [0.15, 0.2) is 5.75 Å². The first kappa shape index (κ1) is 15.6. The van der Waals surface area contributed by atoms with Gasteiger partial charge in [0, 0.05) is 12.6 Å². The molecule has 1 heterocycles. The number of rotatable bonds is 7. The molecular formula is C17H25N3O. The Hall–Kier alpha value is -1.81. The van der Waals surface area contributed by atoms with E-state index in [1.165, 1.54) is 11.1 Å². The highest BCUT2D eigenvalue weighted by molar-refractivity contribution is 5.37. The van der Waals surface area contributed by atoms with Crippen LogP contribution in [0.3, 0.4) is 0 Å². The van der Waals surface area contributed by atoms with E-state index in [0.29, 0.717) is 0 Å². The largest absolute Gasteiger partial charge is 0.454 e. The quantitative estimate of drug-likeness (QED) is 0.845. The van der Waals surface area contributed by atoms with E-state index in [4.69, 9.17) is 10.5 Å². The van der Waals surface area contributed by atoms with Crippen molar-refractivity contribution in [2.75, 3.05) is 0 Å². The predicted molar refractivity (Wildman–Crippen MR) is 85.7 cm³/mol. The molecule has 0 aliphatic carbocycles. The number of nitrogens with two attached hydrogens (primary N) is 1. The summed E-state index contributed by atoms with van der Waals surface area (Å²) in [6, 6.07) is 6.40. The lowest BCUT2D eigenvalue weighted by molar-refractivity contribution is 0.479. The predicted octanol–water partition coefficient (Wildman–Crippen LogP) is 3.67. The van der Waals surface area contributed by atoms with Gasteiger partial charge in [0.25, 0.3) is 0 Å². The lowest BCUT2D eigenvalue weighted by Gasteiger charge is -2.12. The van der Waals surface area contributed by atoms with Crippen LogP contribution >= 0.6 is 0 Å². The van der Waals surface area contributed by atoms with E-state index in [-0.39, 0.29) is 6.04 Å². The summed E-state index contributed by atoms with van der Waals surface area (Å²) in [5, 5.41) is 4.27. The summed E-state index contributed by atoms with van der Waals surface area (Å²) in [5.74, 6) is 1.62. The van der Waals surface area contributed by atoms with Crippen LogP contribution in [-0.4, -0.2) is 15.8 Å². The van der Waals surface area contributed by atoms with Crippen molar-refractivity contribution in [2.45, 2.75) is 52.6 Å². The second kappa shape index (κ2) is 7.27. The van der Waals surface area contributed by atoms with Crippen LogP contribution in [-0.2, 0) is 13.0 Å². The molecule has 0 bridgehead atoms. The van der Waals surface area contributed by atoms with Gasteiger partial charge in [-0.2, -0.15) is 5.10 Å². The smallest absolute Gasteiger partial charge is 0.165 e. The Balaban J connectivity index is 2.05. The molecule has 0 aliphatic heterocycles. The molecule has 2 aromatic rings. The van der Waals surface area contributed by atoms with Gasteiger partial charge in [-0.1, -0.05) is 19.9 Å². The van der Waals surface area contributed by atoms with E-state index in [1.54, 1.807) is 6.20 Å². The highest BCUT2D eigenvalue weighted by Gasteiger charge is 2.07. The van der Waals surface area contributed by atoms with Crippen molar-refractivity contribution in [3.63, 3.8) is 0 Å². The zero-order valence-electron chi connectivity index (χ0n) is 13.2. The summed E-state index contributed by atoms with van der Waals surface area (Å²) in [5.41, 5.74) is 8.53. The zero-order valence-corrected chi connectivity index (χ0v) is 13.2. The van der Waals surface area contributed by atoms with Gasteiger partial charge in [-0.3, -0.25) is 4.68 Å². The van der Waals surface area contributed by atoms with Crippen LogP contribution in [0.15, 0.2) is 30.6 Å². The molecule has 2 rings (SSSR count). The molecule has 21 heavy (non-hydrogen) atoms. The molecule has 4 nitrogen and oxygen atoms in total. The van der Waals surface area contributed by atoms with Crippen LogP contribution in [0.5, 0.6) is 11.5 Å². The number of hydrogen-bond acceptors (Lipinski definition) is 3. The monoisotopic (exact) mass is 287 g/mol. The minimum absolute atomic E-state index is 0.225. The van der Waals surface area contributed by atoms with Crippen molar-refractivity contribution in [3.8, 4) is 11.5 Å². The maximum atomic E-state index is 6.02. The summed E-state index contributed by atoms with van der Waals surface area (Å²) in [7, 11) is 0. The Morgan fingerprint density at radius 2 is 2.10 bits per heavy atom. The van der Waals surface area contributed by atoms with Gasteiger partial charge in [-0.25, -0.2) is 0 Å². The fourth-order valence-electron chi connectivity index (χ4n) is 2.27. The number of nitrogens with zero attached hydrogens (tertiary/aromatic N) is 2. The molecule has 0 fully saturated rings. The van der Waals surface area contributed by atoms with E-state index in [0.717, 1.165) is 37.3 Å². The van der Waals surface area contributed by atoms with Gasteiger partial charge in [-0.15, -0.1) is 0 Å². The molecular weight excluding hydrogens is 262 g/mol. The molecule has 1 aromatic heterocycles. The number of hydrogen-bond donors (Lipinski definition) is 1. The van der Waals surface area contributed by atoms with Crippen LogP contribution in [0.25, 0.3) is 0 Å². The molecule has 0 saturated heterocycles. The maximum absolute atomic E-state index is 6.02. The molecule has 2 N–H and O–H groups in total. The summed E-state index contributed by atoms with van der Waals surface area (Å²) in [4.78, 5) is 0. The van der Waals surface area contributed by atoms with Crippen LogP contribution < -0.4 is 10.5 Å². The van der Waals surface area contributed by atoms with Crippen molar-refractivity contribution in [3.05, 3.63) is 41.7 Å². The number of benzene rings is 1. The number of ether oxygens (including phenoxy) is 1. The molecule has 0 radical (unpaired) electrons. The first-order valence-electron chi connectivity index (χ1n) is 7.67. The summed E-state index contributed by atoms with van der Waals surface area (Å²) in [6.07, 6.45) is 6.66. The van der Waals surface area contributed by atoms with Crippen molar-refractivity contribution in [2.24, 2.45) is 5.73 Å². The molecule has 1 atom stereocenters. The second-order valence-corrected chi connectivity index (χ2v) is 5.50. The van der Waals surface area contributed by atoms with Crippen molar-refractivity contribution in [1.82, 2.24) is 9.78 Å². The number of aromatic nitrogens is 2. The summed E-state index contributed by atoms with van der Waals surface area (Å²) < 4.78 is 7.76. The molecule has 0 amide bonds. The molecule has 0 spiro atoms. The first-order chi connectivity index (χ1) is 10.1. The van der Waals surface area contributed by atoms with Gasteiger partial charge in [0.1, 0.15) is 5.75 Å². The fraction of sp³-hybridized carbons (Fsp3) is 0.471. The first-order valence-corrected chi connectivity index (χ1v) is 7.67. The zero-order chi connectivity index (χ0) is 15.2. The fourth-order valence-corrected chi connectivity index (χ4v) is 2.27. The lowest BCUT2D eigenvalue weighted by Crippen LogP contribution is -2.21. The Labute approximate surface area is 126 Å². The summed E-state index contributed by atoms with van der Waals surface area (Å²) >= 11 is 0. The van der Waals surface area contributed by atoms with Crippen LogP contribution in [0.1, 0.15) is 37.8 Å². The van der Waals surface area contributed by atoms with Crippen molar-refractivity contribution in [1.29, 1.82) is 0 Å². The lowest BCUT2D eigenvalue weighted by atomic mass is 10.00. The number of aryl methyl sites for hydroxylation is 2. The molecule has 1 aromatic carbocycles. The second-order valence-electron chi connectivity index (χ2n) is 5.50. The third-order valence-corrected chi connectivity index (χ3v) is 3.62. The van der Waals surface area contributed by atoms with Gasteiger partial charge in [0.05, 0.1) is 12.4 Å². The average Bonchev–Trinajstić information content (AvgIpc) is 2.89. The normalized spacial score (nSPS) is 12.4. The molecule has 4 heteroatoms. The van der Waals surface area contributed by atoms with Crippen LogP contribution in [0.4, 0.5) is 0 Å². The highest BCUT2D eigenvalue weighted by atomic mass is 16.5. The third kappa shape index (κ3) is 4.33. The van der Waals surface area contributed by atoms with Gasteiger partial charge < -0.3 is 10.5 Å².